The molecule has 0 atom stereocenters. The van der Waals surface area contributed by atoms with Crippen LogP contribution in [0.25, 0.3) is 0 Å². The highest BCUT2D eigenvalue weighted by Gasteiger charge is 2.16. The summed E-state index contributed by atoms with van der Waals surface area (Å²) in [5, 5.41) is 3.21. The number of anilines is 1. The lowest BCUT2D eigenvalue weighted by molar-refractivity contribution is 0.173. The molecule has 0 saturated heterocycles. The summed E-state index contributed by atoms with van der Waals surface area (Å²) in [6.45, 7) is 4.80. The van der Waals surface area contributed by atoms with Gasteiger partial charge >= 0.3 is 0 Å². The Morgan fingerprint density at radius 3 is 2.74 bits per heavy atom. The van der Waals surface area contributed by atoms with E-state index in [9.17, 15) is 0 Å². The van der Waals surface area contributed by atoms with E-state index in [1.165, 1.54) is 0 Å². The molecule has 0 bridgehead atoms. The monoisotopic (exact) mass is 257 g/mol. The molecule has 2 aromatic rings. The molecule has 1 aliphatic rings. The average Bonchev–Trinajstić information content (AvgIpc) is 2.83. The Hall–Kier alpha value is -2.30. The molecule has 0 fully saturated rings. The van der Waals surface area contributed by atoms with Gasteiger partial charge in [-0.05, 0) is 26.0 Å². The number of nitrogens with one attached hydrogen (secondary N) is 1. The van der Waals surface area contributed by atoms with E-state index in [2.05, 4.69) is 15.3 Å². The molecule has 98 valence electrons. The van der Waals surface area contributed by atoms with E-state index >= 15 is 0 Å². The molecule has 1 aliphatic heterocycles. The highest BCUT2D eigenvalue weighted by atomic mass is 16.7. The van der Waals surface area contributed by atoms with Crippen LogP contribution in [-0.4, -0.2) is 16.8 Å². The number of rotatable bonds is 3. The molecule has 0 spiro atoms. The third kappa shape index (κ3) is 2.45. The first-order chi connectivity index (χ1) is 9.22. The Balaban J connectivity index is 1.78. The maximum atomic E-state index is 5.46. The molecule has 3 rings (SSSR count). The Bertz CT molecular complexity index is 593. The minimum absolute atomic E-state index is 0.284. The van der Waals surface area contributed by atoms with E-state index in [-0.39, 0.29) is 6.79 Å². The van der Waals surface area contributed by atoms with Crippen molar-refractivity contribution in [3.8, 4) is 11.5 Å². The lowest BCUT2D eigenvalue weighted by Crippen LogP contribution is -2.06. The summed E-state index contributed by atoms with van der Waals surface area (Å²) >= 11 is 0. The van der Waals surface area contributed by atoms with Gasteiger partial charge in [-0.3, -0.25) is 0 Å². The molecule has 0 unspecified atom stereocenters. The zero-order chi connectivity index (χ0) is 13.2. The van der Waals surface area contributed by atoms with Gasteiger partial charge in [0, 0.05) is 23.5 Å². The van der Waals surface area contributed by atoms with Crippen molar-refractivity contribution in [2.75, 3.05) is 12.1 Å². The molecular weight excluding hydrogens is 242 g/mol. The van der Waals surface area contributed by atoms with Crippen LogP contribution in [0.5, 0.6) is 11.5 Å². The fourth-order valence-electron chi connectivity index (χ4n) is 2.11. The second-order valence-corrected chi connectivity index (χ2v) is 4.48. The summed E-state index contributed by atoms with van der Waals surface area (Å²) in [7, 11) is 0. The van der Waals surface area contributed by atoms with Gasteiger partial charge in [0.1, 0.15) is 0 Å². The highest BCUT2D eigenvalue weighted by molar-refractivity contribution is 5.49. The molecular formula is C14H15N3O2. The summed E-state index contributed by atoms with van der Waals surface area (Å²) in [6.07, 6.45) is 0. The lowest BCUT2D eigenvalue weighted by Gasteiger charge is -2.08. The Morgan fingerprint density at radius 1 is 1.16 bits per heavy atom. The van der Waals surface area contributed by atoms with E-state index < -0.39 is 0 Å². The predicted octanol–water partition coefficient (Wildman–Crippen LogP) is 2.43. The maximum Gasteiger partial charge on any atom is 0.231 e. The topological polar surface area (TPSA) is 56.3 Å². The van der Waals surface area contributed by atoms with Crippen LogP contribution in [0.1, 0.15) is 17.0 Å². The van der Waals surface area contributed by atoms with Gasteiger partial charge in [-0.1, -0.05) is 12.1 Å². The van der Waals surface area contributed by atoms with E-state index in [0.717, 1.165) is 28.5 Å². The normalized spacial score (nSPS) is 12.5. The first kappa shape index (κ1) is 11.8. The first-order valence-electron chi connectivity index (χ1n) is 6.16. The number of benzene rings is 1. The van der Waals surface area contributed by atoms with Crippen molar-refractivity contribution in [1.29, 1.82) is 0 Å². The van der Waals surface area contributed by atoms with E-state index in [0.29, 0.717) is 12.5 Å². The number of nitrogens with zero attached hydrogens (tertiary/aromatic N) is 2. The molecule has 0 radical (unpaired) electrons. The van der Waals surface area contributed by atoms with Gasteiger partial charge < -0.3 is 14.8 Å². The molecule has 5 nitrogen and oxygen atoms in total. The zero-order valence-electron chi connectivity index (χ0n) is 10.9. The maximum absolute atomic E-state index is 5.46. The van der Waals surface area contributed by atoms with Crippen molar-refractivity contribution in [3.63, 3.8) is 0 Å². The van der Waals surface area contributed by atoms with Crippen molar-refractivity contribution >= 4 is 5.95 Å². The van der Waals surface area contributed by atoms with Crippen LogP contribution in [-0.2, 0) is 6.54 Å². The molecule has 2 heterocycles. The van der Waals surface area contributed by atoms with Crippen LogP contribution in [0.4, 0.5) is 5.95 Å². The largest absolute Gasteiger partial charge is 0.454 e. The molecule has 1 aromatic carbocycles. The summed E-state index contributed by atoms with van der Waals surface area (Å²) in [5.41, 5.74) is 2.94. The van der Waals surface area contributed by atoms with Crippen molar-refractivity contribution in [2.24, 2.45) is 0 Å². The van der Waals surface area contributed by atoms with Gasteiger partial charge in [0.25, 0.3) is 0 Å². The van der Waals surface area contributed by atoms with Gasteiger partial charge in [0.05, 0.1) is 0 Å². The van der Waals surface area contributed by atoms with Crippen LogP contribution >= 0.6 is 0 Å². The number of ether oxygens (including phenoxy) is 2. The zero-order valence-corrected chi connectivity index (χ0v) is 10.9. The average molecular weight is 257 g/mol. The summed E-state index contributed by atoms with van der Waals surface area (Å²) in [6, 6.07) is 7.80. The second-order valence-electron chi connectivity index (χ2n) is 4.48. The number of para-hydroxylation sites is 1. The predicted molar refractivity (Wildman–Crippen MR) is 71.4 cm³/mol. The Labute approximate surface area is 111 Å². The first-order valence-corrected chi connectivity index (χ1v) is 6.16. The van der Waals surface area contributed by atoms with Crippen molar-refractivity contribution < 1.29 is 9.47 Å². The molecule has 1 N–H and O–H groups in total. The molecule has 19 heavy (non-hydrogen) atoms. The van der Waals surface area contributed by atoms with Crippen LogP contribution < -0.4 is 14.8 Å². The van der Waals surface area contributed by atoms with Crippen molar-refractivity contribution in [2.45, 2.75) is 20.4 Å². The van der Waals surface area contributed by atoms with Gasteiger partial charge in [-0.25, -0.2) is 9.97 Å². The number of hydrogen-bond acceptors (Lipinski definition) is 5. The van der Waals surface area contributed by atoms with Crippen molar-refractivity contribution in [3.05, 3.63) is 41.2 Å². The number of fused-ring (bicyclic) bond motifs is 1. The van der Waals surface area contributed by atoms with Gasteiger partial charge in [-0.2, -0.15) is 0 Å². The third-order valence-electron chi connectivity index (χ3n) is 2.90. The SMILES string of the molecule is Cc1cc(C)nc(NCc2cccc3c2OCO3)n1. The number of hydrogen-bond donors (Lipinski definition) is 1. The van der Waals surface area contributed by atoms with Crippen LogP contribution in [0.2, 0.25) is 0 Å². The Kier molecular flexibility index (Phi) is 2.95. The molecule has 5 heteroatoms. The van der Waals surface area contributed by atoms with Crippen LogP contribution in [0.15, 0.2) is 24.3 Å². The van der Waals surface area contributed by atoms with Gasteiger partial charge in [0.15, 0.2) is 11.5 Å². The molecule has 0 saturated carbocycles. The minimum Gasteiger partial charge on any atom is -0.454 e. The van der Waals surface area contributed by atoms with E-state index in [1.807, 2.05) is 38.1 Å². The second kappa shape index (κ2) is 4.76. The minimum atomic E-state index is 0.284. The summed E-state index contributed by atoms with van der Waals surface area (Å²) < 4.78 is 10.8. The number of aryl methyl sites for hydroxylation is 2. The number of aromatic nitrogens is 2. The molecule has 0 amide bonds. The molecule has 0 aliphatic carbocycles. The summed E-state index contributed by atoms with van der Waals surface area (Å²) in [5.74, 6) is 2.23. The molecule has 1 aromatic heterocycles. The van der Waals surface area contributed by atoms with E-state index in [4.69, 9.17) is 9.47 Å². The highest BCUT2D eigenvalue weighted by Crippen LogP contribution is 2.35. The smallest absolute Gasteiger partial charge is 0.231 e. The fourth-order valence-corrected chi connectivity index (χ4v) is 2.11. The summed E-state index contributed by atoms with van der Waals surface area (Å²) in [4.78, 5) is 8.70. The van der Waals surface area contributed by atoms with Crippen LogP contribution in [0, 0.1) is 13.8 Å². The van der Waals surface area contributed by atoms with Crippen LogP contribution in [0.3, 0.4) is 0 Å². The lowest BCUT2D eigenvalue weighted by atomic mass is 10.2. The Morgan fingerprint density at radius 2 is 1.95 bits per heavy atom. The fraction of sp³-hybridized carbons (Fsp3) is 0.286. The van der Waals surface area contributed by atoms with Gasteiger partial charge in [-0.15, -0.1) is 0 Å². The standard InChI is InChI=1S/C14H15N3O2/c1-9-6-10(2)17-14(16-9)15-7-11-4-3-5-12-13(11)19-8-18-12/h3-6H,7-8H2,1-2H3,(H,15,16,17). The quantitative estimate of drug-likeness (QED) is 0.915. The third-order valence-corrected chi connectivity index (χ3v) is 2.90. The van der Waals surface area contributed by atoms with E-state index in [1.54, 1.807) is 0 Å². The van der Waals surface area contributed by atoms with Gasteiger partial charge in [0.2, 0.25) is 12.7 Å². The van der Waals surface area contributed by atoms with Crippen molar-refractivity contribution in [1.82, 2.24) is 9.97 Å².